The van der Waals surface area contributed by atoms with Crippen molar-refractivity contribution in [2.45, 2.75) is 76.7 Å². The highest BCUT2D eigenvalue weighted by molar-refractivity contribution is 5.80. The van der Waals surface area contributed by atoms with Crippen LogP contribution in [-0.4, -0.2) is 48.0 Å². The van der Waals surface area contributed by atoms with Crippen LogP contribution < -0.4 is 10.6 Å². The number of guanidine groups is 1. The largest absolute Gasteiger partial charge is 0.388 e. The van der Waals surface area contributed by atoms with Crippen LogP contribution in [0.1, 0.15) is 52.9 Å². The molecule has 0 aromatic rings. The summed E-state index contributed by atoms with van der Waals surface area (Å²) in [6.45, 7) is 7.33. The Balaban J connectivity index is 1.92. The van der Waals surface area contributed by atoms with Crippen molar-refractivity contribution in [2.24, 2.45) is 4.99 Å². The number of ether oxygens (including phenoxy) is 1. The van der Waals surface area contributed by atoms with Gasteiger partial charge in [0, 0.05) is 6.54 Å². The van der Waals surface area contributed by atoms with Crippen LogP contribution in [0.4, 0.5) is 0 Å². The fraction of sp³-hybridized carbons (Fsp3) is 0.933. The molecule has 0 aromatic carbocycles. The first-order valence-corrected chi connectivity index (χ1v) is 8.03. The van der Waals surface area contributed by atoms with Gasteiger partial charge in [0.05, 0.1) is 30.4 Å². The van der Waals surface area contributed by atoms with Gasteiger partial charge in [0.2, 0.25) is 0 Å². The average molecular weight is 283 g/mol. The molecule has 2 aliphatic rings. The van der Waals surface area contributed by atoms with Crippen molar-refractivity contribution in [3.05, 3.63) is 0 Å². The first kappa shape index (κ1) is 15.6. The van der Waals surface area contributed by atoms with Crippen LogP contribution in [-0.2, 0) is 4.74 Å². The van der Waals surface area contributed by atoms with E-state index < -0.39 is 5.60 Å². The van der Waals surface area contributed by atoms with Crippen molar-refractivity contribution in [1.82, 2.24) is 10.6 Å². The second kappa shape index (κ2) is 6.76. The van der Waals surface area contributed by atoms with Crippen molar-refractivity contribution >= 4 is 5.96 Å². The molecule has 20 heavy (non-hydrogen) atoms. The molecule has 0 spiro atoms. The van der Waals surface area contributed by atoms with Crippen molar-refractivity contribution in [1.29, 1.82) is 0 Å². The van der Waals surface area contributed by atoms with Crippen LogP contribution in [0.15, 0.2) is 4.99 Å². The molecule has 2 heterocycles. The van der Waals surface area contributed by atoms with Crippen LogP contribution in [0, 0.1) is 0 Å². The summed E-state index contributed by atoms with van der Waals surface area (Å²) in [5.41, 5.74) is -0.687. The lowest BCUT2D eigenvalue weighted by Gasteiger charge is -2.25. The number of rotatable bonds is 6. The summed E-state index contributed by atoms with van der Waals surface area (Å²) in [5, 5.41) is 17.1. The molecule has 2 bridgehead atoms. The van der Waals surface area contributed by atoms with Crippen LogP contribution in [0.2, 0.25) is 0 Å². The maximum atomic E-state index is 10.3. The molecule has 2 fully saturated rings. The lowest BCUT2D eigenvalue weighted by atomic mass is 9.95. The lowest BCUT2D eigenvalue weighted by molar-refractivity contribution is 0.0417. The molecule has 0 radical (unpaired) electrons. The van der Waals surface area contributed by atoms with Gasteiger partial charge in [-0.1, -0.05) is 13.8 Å². The highest BCUT2D eigenvalue weighted by Gasteiger charge is 2.41. The maximum Gasteiger partial charge on any atom is 0.191 e. The lowest BCUT2D eigenvalue weighted by Crippen LogP contribution is -2.48. The van der Waals surface area contributed by atoms with E-state index in [-0.39, 0.29) is 0 Å². The van der Waals surface area contributed by atoms with Gasteiger partial charge in [0.25, 0.3) is 0 Å². The predicted octanol–water partition coefficient (Wildman–Crippen LogP) is 1.41. The molecule has 2 aliphatic heterocycles. The Labute approximate surface area is 122 Å². The summed E-state index contributed by atoms with van der Waals surface area (Å²) in [6, 6.07) is 0.364. The van der Waals surface area contributed by atoms with E-state index in [0.717, 1.165) is 38.2 Å². The molecule has 0 aliphatic carbocycles. The van der Waals surface area contributed by atoms with E-state index in [4.69, 9.17) is 4.74 Å². The van der Waals surface area contributed by atoms with Crippen molar-refractivity contribution in [3.63, 3.8) is 0 Å². The standard InChI is InChI=1S/C15H29N3O2/c1-4-15(19,5-2)10-17-14(16-6-3)18-12-9-11-7-8-13(12)20-11/h11-13,19H,4-10H2,1-3H3,(H2,16,17,18). The van der Waals surface area contributed by atoms with Gasteiger partial charge in [0.15, 0.2) is 5.96 Å². The quantitative estimate of drug-likeness (QED) is 0.509. The van der Waals surface area contributed by atoms with E-state index >= 15 is 0 Å². The van der Waals surface area contributed by atoms with E-state index in [9.17, 15) is 5.11 Å². The Kier molecular flexibility index (Phi) is 5.27. The Bertz CT molecular complexity index is 342. The van der Waals surface area contributed by atoms with Gasteiger partial charge in [-0.05, 0) is 39.0 Å². The number of aliphatic imine (C=N–C) groups is 1. The van der Waals surface area contributed by atoms with Crippen LogP contribution in [0.25, 0.3) is 0 Å². The summed E-state index contributed by atoms with van der Waals surface area (Å²) < 4.78 is 5.86. The molecule has 5 heteroatoms. The molecule has 2 rings (SSSR count). The molecule has 2 saturated heterocycles. The van der Waals surface area contributed by atoms with Gasteiger partial charge in [-0.15, -0.1) is 0 Å². The van der Waals surface area contributed by atoms with E-state index in [1.165, 1.54) is 6.42 Å². The minimum Gasteiger partial charge on any atom is -0.388 e. The zero-order valence-corrected chi connectivity index (χ0v) is 13.0. The Hall–Kier alpha value is -0.810. The highest BCUT2D eigenvalue weighted by Crippen LogP contribution is 2.34. The van der Waals surface area contributed by atoms with Crippen molar-refractivity contribution < 1.29 is 9.84 Å². The van der Waals surface area contributed by atoms with E-state index in [2.05, 4.69) is 22.5 Å². The van der Waals surface area contributed by atoms with E-state index in [0.29, 0.717) is 24.8 Å². The van der Waals surface area contributed by atoms with Crippen LogP contribution >= 0.6 is 0 Å². The van der Waals surface area contributed by atoms with Crippen molar-refractivity contribution in [2.75, 3.05) is 13.1 Å². The fourth-order valence-corrected chi connectivity index (χ4v) is 2.99. The number of nitrogens with one attached hydrogen (secondary N) is 2. The summed E-state index contributed by atoms with van der Waals surface area (Å²) in [7, 11) is 0. The van der Waals surface area contributed by atoms with Crippen LogP contribution in [0.3, 0.4) is 0 Å². The smallest absolute Gasteiger partial charge is 0.191 e. The molecule has 3 N–H and O–H groups in total. The number of fused-ring (bicyclic) bond motifs is 2. The predicted molar refractivity (Wildman–Crippen MR) is 80.9 cm³/mol. The third-order valence-electron chi connectivity index (χ3n) is 4.62. The first-order valence-electron chi connectivity index (χ1n) is 8.03. The summed E-state index contributed by atoms with van der Waals surface area (Å²) in [4.78, 5) is 4.56. The van der Waals surface area contributed by atoms with E-state index in [1.807, 2.05) is 13.8 Å². The molecule has 0 amide bonds. The minimum absolute atomic E-state index is 0.333. The van der Waals surface area contributed by atoms with E-state index in [1.54, 1.807) is 0 Å². The molecule has 0 saturated carbocycles. The average Bonchev–Trinajstić information content (AvgIpc) is 3.07. The number of hydrogen-bond acceptors (Lipinski definition) is 3. The zero-order valence-electron chi connectivity index (χ0n) is 13.0. The summed E-state index contributed by atoms with van der Waals surface area (Å²) in [5.74, 6) is 0.800. The van der Waals surface area contributed by atoms with Gasteiger partial charge >= 0.3 is 0 Å². The van der Waals surface area contributed by atoms with Gasteiger partial charge in [-0.2, -0.15) is 0 Å². The summed E-state index contributed by atoms with van der Waals surface area (Å²) >= 11 is 0. The number of nitrogens with zero attached hydrogens (tertiary/aromatic N) is 1. The molecule has 3 atom stereocenters. The van der Waals surface area contributed by atoms with Gasteiger partial charge in [-0.25, -0.2) is 0 Å². The molecule has 5 nitrogen and oxygen atoms in total. The Morgan fingerprint density at radius 3 is 2.55 bits per heavy atom. The molecule has 3 unspecified atom stereocenters. The van der Waals surface area contributed by atoms with Gasteiger partial charge < -0.3 is 20.5 Å². The summed E-state index contributed by atoms with van der Waals surface area (Å²) in [6.07, 6.45) is 5.63. The SMILES string of the molecule is CCNC(=NCC(O)(CC)CC)NC1CC2CCC1O2. The Morgan fingerprint density at radius 2 is 2.05 bits per heavy atom. The second-order valence-corrected chi connectivity index (χ2v) is 5.99. The zero-order chi connectivity index (χ0) is 14.6. The minimum atomic E-state index is -0.687. The van der Waals surface area contributed by atoms with Gasteiger partial charge in [-0.3, -0.25) is 4.99 Å². The molecule has 0 aromatic heterocycles. The van der Waals surface area contributed by atoms with Crippen LogP contribution in [0.5, 0.6) is 0 Å². The molecular weight excluding hydrogens is 254 g/mol. The first-order chi connectivity index (χ1) is 9.60. The highest BCUT2D eigenvalue weighted by atomic mass is 16.5. The monoisotopic (exact) mass is 283 g/mol. The third-order valence-corrected chi connectivity index (χ3v) is 4.62. The topological polar surface area (TPSA) is 65.9 Å². The third kappa shape index (κ3) is 3.64. The molecular formula is C15H29N3O2. The number of hydrogen-bond donors (Lipinski definition) is 3. The van der Waals surface area contributed by atoms with Gasteiger partial charge in [0.1, 0.15) is 0 Å². The van der Waals surface area contributed by atoms with Crippen molar-refractivity contribution in [3.8, 4) is 0 Å². The second-order valence-electron chi connectivity index (χ2n) is 5.99. The molecule has 116 valence electrons. The Morgan fingerprint density at radius 1 is 1.30 bits per heavy atom. The normalized spacial score (nSPS) is 29.8. The fourth-order valence-electron chi connectivity index (χ4n) is 2.99. The maximum absolute atomic E-state index is 10.3. The number of aliphatic hydroxyl groups is 1.